The first-order chi connectivity index (χ1) is 6.40. The fourth-order valence-electron chi connectivity index (χ4n) is 1.42. The summed E-state index contributed by atoms with van der Waals surface area (Å²) in [6, 6.07) is 0. The molecule has 1 aromatic rings. The normalized spacial score (nSPS) is 22.1. The predicted molar refractivity (Wildman–Crippen MR) is 48.1 cm³/mol. The van der Waals surface area contributed by atoms with Crippen molar-refractivity contribution in [2.45, 2.75) is 18.9 Å². The van der Waals surface area contributed by atoms with Crippen molar-refractivity contribution in [3.8, 4) is 0 Å². The van der Waals surface area contributed by atoms with Crippen molar-refractivity contribution in [3.05, 3.63) is 23.8 Å². The predicted octanol–water partition coefficient (Wildman–Crippen LogP) is 0.439. The second kappa shape index (κ2) is 3.81. The summed E-state index contributed by atoms with van der Waals surface area (Å²) in [5.74, 6) is 1.27. The Kier molecular flexibility index (Phi) is 2.52. The van der Waals surface area contributed by atoms with E-state index in [9.17, 15) is 0 Å². The zero-order valence-electron chi connectivity index (χ0n) is 7.44. The maximum atomic E-state index is 5.45. The van der Waals surface area contributed by atoms with Crippen molar-refractivity contribution in [2.75, 3.05) is 13.2 Å². The SMILES string of the molecule is NCc1cnc(C2CCOC2)nc1. The second-order valence-electron chi connectivity index (χ2n) is 3.21. The molecule has 1 saturated heterocycles. The highest BCUT2D eigenvalue weighted by Crippen LogP contribution is 2.21. The van der Waals surface area contributed by atoms with Crippen LogP contribution in [0.4, 0.5) is 0 Å². The van der Waals surface area contributed by atoms with Crippen LogP contribution >= 0.6 is 0 Å². The van der Waals surface area contributed by atoms with Crippen LogP contribution in [-0.2, 0) is 11.3 Å². The van der Waals surface area contributed by atoms with Crippen LogP contribution in [0.2, 0.25) is 0 Å². The third-order valence-electron chi connectivity index (χ3n) is 2.26. The van der Waals surface area contributed by atoms with Gasteiger partial charge in [0.1, 0.15) is 5.82 Å². The van der Waals surface area contributed by atoms with Crippen LogP contribution in [-0.4, -0.2) is 23.2 Å². The Balaban J connectivity index is 2.12. The van der Waals surface area contributed by atoms with Gasteiger partial charge in [0.2, 0.25) is 0 Å². The Morgan fingerprint density at radius 3 is 2.77 bits per heavy atom. The minimum Gasteiger partial charge on any atom is -0.381 e. The van der Waals surface area contributed by atoms with E-state index in [2.05, 4.69) is 9.97 Å². The van der Waals surface area contributed by atoms with Gasteiger partial charge in [-0.2, -0.15) is 0 Å². The molecule has 2 rings (SSSR count). The summed E-state index contributed by atoms with van der Waals surface area (Å²) < 4.78 is 5.26. The number of hydrogen-bond acceptors (Lipinski definition) is 4. The van der Waals surface area contributed by atoms with Crippen LogP contribution in [0.25, 0.3) is 0 Å². The fourth-order valence-corrected chi connectivity index (χ4v) is 1.42. The first kappa shape index (κ1) is 8.59. The van der Waals surface area contributed by atoms with Gasteiger partial charge in [-0.15, -0.1) is 0 Å². The summed E-state index contributed by atoms with van der Waals surface area (Å²) in [5.41, 5.74) is 6.42. The molecule has 0 saturated carbocycles. The average Bonchev–Trinajstić information content (AvgIpc) is 2.71. The van der Waals surface area contributed by atoms with Gasteiger partial charge in [0.05, 0.1) is 6.61 Å². The van der Waals surface area contributed by atoms with Gasteiger partial charge in [-0.05, 0) is 6.42 Å². The number of nitrogens with two attached hydrogens (primary N) is 1. The Morgan fingerprint density at radius 1 is 1.46 bits per heavy atom. The smallest absolute Gasteiger partial charge is 0.133 e. The maximum Gasteiger partial charge on any atom is 0.133 e. The van der Waals surface area contributed by atoms with Crippen molar-refractivity contribution in [1.82, 2.24) is 9.97 Å². The third-order valence-corrected chi connectivity index (χ3v) is 2.26. The molecule has 0 bridgehead atoms. The fraction of sp³-hybridized carbons (Fsp3) is 0.556. The molecule has 0 radical (unpaired) electrons. The van der Waals surface area contributed by atoms with E-state index in [0.29, 0.717) is 12.5 Å². The highest BCUT2D eigenvalue weighted by Gasteiger charge is 2.19. The first-order valence-electron chi connectivity index (χ1n) is 4.49. The number of rotatable bonds is 2. The summed E-state index contributed by atoms with van der Waals surface area (Å²) in [6.07, 6.45) is 4.61. The number of hydrogen-bond donors (Lipinski definition) is 1. The van der Waals surface area contributed by atoms with Gasteiger partial charge in [0, 0.05) is 37.0 Å². The van der Waals surface area contributed by atoms with Crippen LogP contribution in [0.15, 0.2) is 12.4 Å². The van der Waals surface area contributed by atoms with E-state index >= 15 is 0 Å². The van der Waals surface area contributed by atoms with E-state index < -0.39 is 0 Å². The van der Waals surface area contributed by atoms with Gasteiger partial charge < -0.3 is 10.5 Å². The van der Waals surface area contributed by atoms with Crippen molar-refractivity contribution < 1.29 is 4.74 Å². The number of ether oxygens (including phenoxy) is 1. The molecule has 1 fully saturated rings. The van der Waals surface area contributed by atoms with Gasteiger partial charge >= 0.3 is 0 Å². The molecule has 1 aliphatic rings. The lowest BCUT2D eigenvalue weighted by Gasteiger charge is -2.05. The number of aromatic nitrogens is 2. The van der Waals surface area contributed by atoms with E-state index in [1.54, 1.807) is 12.4 Å². The Hall–Kier alpha value is -1.00. The van der Waals surface area contributed by atoms with Crippen molar-refractivity contribution in [2.24, 2.45) is 5.73 Å². The summed E-state index contributed by atoms with van der Waals surface area (Å²) in [4.78, 5) is 8.52. The molecule has 0 aliphatic carbocycles. The summed E-state index contributed by atoms with van der Waals surface area (Å²) >= 11 is 0. The molecule has 0 amide bonds. The van der Waals surface area contributed by atoms with Gasteiger partial charge in [0.15, 0.2) is 0 Å². The zero-order valence-corrected chi connectivity index (χ0v) is 7.44. The van der Waals surface area contributed by atoms with E-state index in [0.717, 1.165) is 31.0 Å². The molecule has 1 aliphatic heterocycles. The molecule has 70 valence electrons. The third kappa shape index (κ3) is 1.84. The van der Waals surface area contributed by atoms with Crippen LogP contribution in [0.5, 0.6) is 0 Å². The maximum absolute atomic E-state index is 5.45. The zero-order chi connectivity index (χ0) is 9.10. The lowest BCUT2D eigenvalue weighted by atomic mass is 10.1. The molecular formula is C9H13N3O. The topological polar surface area (TPSA) is 61.0 Å². The van der Waals surface area contributed by atoms with Gasteiger partial charge in [0.25, 0.3) is 0 Å². The molecule has 0 aromatic carbocycles. The molecule has 4 nitrogen and oxygen atoms in total. The van der Waals surface area contributed by atoms with E-state index in [1.807, 2.05) is 0 Å². The second-order valence-corrected chi connectivity index (χ2v) is 3.21. The largest absolute Gasteiger partial charge is 0.381 e. The Bertz CT molecular complexity index is 267. The molecular weight excluding hydrogens is 166 g/mol. The molecule has 4 heteroatoms. The summed E-state index contributed by atoms with van der Waals surface area (Å²) in [5, 5.41) is 0. The summed E-state index contributed by atoms with van der Waals surface area (Å²) in [6.45, 7) is 2.08. The van der Waals surface area contributed by atoms with Gasteiger partial charge in [-0.3, -0.25) is 0 Å². The van der Waals surface area contributed by atoms with Crippen molar-refractivity contribution in [3.63, 3.8) is 0 Å². The standard InChI is InChI=1S/C9H13N3O/c10-3-7-4-11-9(12-5-7)8-1-2-13-6-8/h4-5,8H,1-3,6,10H2. The Morgan fingerprint density at radius 2 is 2.23 bits per heavy atom. The lowest BCUT2D eigenvalue weighted by Crippen LogP contribution is -2.06. The van der Waals surface area contributed by atoms with Crippen molar-refractivity contribution >= 4 is 0 Å². The van der Waals surface area contributed by atoms with Gasteiger partial charge in [-0.1, -0.05) is 0 Å². The highest BCUT2D eigenvalue weighted by molar-refractivity contribution is 5.07. The average molecular weight is 179 g/mol. The van der Waals surface area contributed by atoms with E-state index in [-0.39, 0.29) is 0 Å². The molecule has 0 spiro atoms. The molecule has 2 N–H and O–H groups in total. The molecule has 1 unspecified atom stereocenters. The monoisotopic (exact) mass is 179 g/mol. The number of nitrogens with zero attached hydrogens (tertiary/aromatic N) is 2. The molecule has 13 heavy (non-hydrogen) atoms. The van der Waals surface area contributed by atoms with Crippen LogP contribution < -0.4 is 5.73 Å². The molecule has 1 atom stereocenters. The summed E-state index contributed by atoms with van der Waals surface area (Å²) in [7, 11) is 0. The minimum atomic E-state index is 0.381. The highest BCUT2D eigenvalue weighted by atomic mass is 16.5. The molecule has 1 aromatic heterocycles. The Labute approximate surface area is 77.1 Å². The molecule has 2 heterocycles. The van der Waals surface area contributed by atoms with Crippen LogP contribution in [0.3, 0.4) is 0 Å². The van der Waals surface area contributed by atoms with E-state index in [1.165, 1.54) is 0 Å². The quantitative estimate of drug-likeness (QED) is 0.715. The van der Waals surface area contributed by atoms with Crippen LogP contribution in [0, 0.1) is 0 Å². The first-order valence-corrected chi connectivity index (χ1v) is 4.49. The minimum absolute atomic E-state index is 0.381. The lowest BCUT2D eigenvalue weighted by molar-refractivity contribution is 0.193. The van der Waals surface area contributed by atoms with Gasteiger partial charge in [-0.25, -0.2) is 9.97 Å². The van der Waals surface area contributed by atoms with Crippen LogP contribution in [0.1, 0.15) is 23.7 Å². The van der Waals surface area contributed by atoms with E-state index in [4.69, 9.17) is 10.5 Å². The van der Waals surface area contributed by atoms with Crippen molar-refractivity contribution in [1.29, 1.82) is 0 Å².